The zero-order chi connectivity index (χ0) is 9.84. The zero-order valence-corrected chi connectivity index (χ0v) is 8.51. The van der Waals surface area contributed by atoms with Crippen molar-refractivity contribution in [2.24, 2.45) is 5.92 Å². The number of carbonyl (C=O) groups is 1. The van der Waals surface area contributed by atoms with Crippen LogP contribution in [-0.2, 0) is 0 Å². The highest BCUT2D eigenvalue weighted by molar-refractivity contribution is 6.33. The molecule has 0 radical (unpaired) electrons. The van der Waals surface area contributed by atoms with E-state index in [2.05, 4.69) is 4.98 Å². The first-order chi connectivity index (χ1) is 6.11. The van der Waals surface area contributed by atoms with Crippen molar-refractivity contribution in [3.63, 3.8) is 0 Å². The molecule has 0 aliphatic heterocycles. The average Bonchev–Trinajstić information content (AvgIpc) is 2.03. The maximum Gasteiger partial charge on any atom is 0.164 e. The van der Waals surface area contributed by atoms with Crippen LogP contribution in [0.1, 0.15) is 30.6 Å². The average molecular weight is 198 g/mol. The summed E-state index contributed by atoms with van der Waals surface area (Å²) in [4.78, 5) is 15.4. The third-order valence-corrected chi connectivity index (χ3v) is 1.97. The number of Topliss-reactive ketones (excluding diaryl/α,β-unsaturated/α-hetero) is 1. The summed E-state index contributed by atoms with van der Waals surface area (Å²) in [6.07, 6.45) is 3.61. The van der Waals surface area contributed by atoms with Crippen molar-refractivity contribution in [2.45, 2.75) is 20.3 Å². The molecule has 0 N–H and O–H groups in total. The highest BCUT2D eigenvalue weighted by atomic mass is 35.5. The number of rotatable bonds is 3. The SMILES string of the molecule is CC(C)CC(=O)c1ccncc1Cl. The zero-order valence-electron chi connectivity index (χ0n) is 7.75. The van der Waals surface area contributed by atoms with Crippen molar-refractivity contribution in [1.82, 2.24) is 4.98 Å². The number of carbonyl (C=O) groups excluding carboxylic acids is 1. The van der Waals surface area contributed by atoms with Crippen LogP contribution < -0.4 is 0 Å². The van der Waals surface area contributed by atoms with Gasteiger partial charge >= 0.3 is 0 Å². The Bertz CT molecular complexity index is 310. The number of aromatic nitrogens is 1. The predicted octanol–water partition coefficient (Wildman–Crippen LogP) is 2.96. The van der Waals surface area contributed by atoms with E-state index in [0.29, 0.717) is 22.9 Å². The van der Waals surface area contributed by atoms with Crippen LogP contribution in [0.5, 0.6) is 0 Å². The molecule has 0 fully saturated rings. The van der Waals surface area contributed by atoms with Crippen molar-refractivity contribution >= 4 is 17.4 Å². The molecule has 0 bridgehead atoms. The van der Waals surface area contributed by atoms with Gasteiger partial charge in [-0.2, -0.15) is 0 Å². The first-order valence-corrected chi connectivity index (χ1v) is 4.61. The smallest absolute Gasteiger partial charge is 0.164 e. The summed E-state index contributed by atoms with van der Waals surface area (Å²) < 4.78 is 0. The van der Waals surface area contributed by atoms with Gasteiger partial charge < -0.3 is 0 Å². The van der Waals surface area contributed by atoms with E-state index in [-0.39, 0.29) is 5.78 Å². The van der Waals surface area contributed by atoms with Gasteiger partial charge in [0, 0.05) is 24.4 Å². The fourth-order valence-electron chi connectivity index (χ4n) is 1.08. The number of hydrogen-bond donors (Lipinski definition) is 0. The molecule has 0 atom stereocenters. The van der Waals surface area contributed by atoms with Crippen LogP contribution in [0.3, 0.4) is 0 Å². The fourth-order valence-corrected chi connectivity index (χ4v) is 1.31. The molecule has 0 unspecified atom stereocenters. The van der Waals surface area contributed by atoms with E-state index in [0.717, 1.165) is 0 Å². The Hall–Kier alpha value is -0.890. The van der Waals surface area contributed by atoms with E-state index in [1.165, 1.54) is 6.20 Å². The Morgan fingerprint density at radius 3 is 2.85 bits per heavy atom. The second-order valence-electron chi connectivity index (χ2n) is 3.38. The van der Waals surface area contributed by atoms with E-state index < -0.39 is 0 Å². The summed E-state index contributed by atoms with van der Waals surface area (Å²) in [5.74, 6) is 0.444. The van der Waals surface area contributed by atoms with E-state index in [1.54, 1.807) is 12.3 Å². The molecule has 0 amide bonds. The Kier molecular flexibility index (Phi) is 3.43. The lowest BCUT2D eigenvalue weighted by Gasteiger charge is -2.04. The third kappa shape index (κ3) is 2.81. The van der Waals surface area contributed by atoms with E-state index in [1.807, 2.05) is 13.8 Å². The van der Waals surface area contributed by atoms with Crippen LogP contribution in [0.2, 0.25) is 5.02 Å². The van der Waals surface area contributed by atoms with Gasteiger partial charge in [0.25, 0.3) is 0 Å². The number of pyridine rings is 1. The van der Waals surface area contributed by atoms with Gasteiger partial charge in [-0.05, 0) is 12.0 Å². The van der Waals surface area contributed by atoms with Crippen molar-refractivity contribution in [3.8, 4) is 0 Å². The lowest BCUT2D eigenvalue weighted by molar-refractivity contribution is 0.0968. The Balaban J connectivity index is 2.83. The fraction of sp³-hybridized carbons (Fsp3) is 0.400. The molecular weight excluding hydrogens is 186 g/mol. The molecule has 70 valence electrons. The number of hydrogen-bond acceptors (Lipinski definition) is 2. The summed E-state index contributed by atoms with van der Waals surface area (Å²) in [7, 11) is 0. The molecule has 0 aliphatic rings. The monoisotopic (exact) mass is 197 g/mol. The van der Waals surface area contributed by atoms with Gasteiger partial charge in [-0.15, -0.1) is 0 Å². The minimum Gasteiger partial charge on any atom is -0.294 e. The Morgan fingerprint density at radius 1 is 1.62 bits per heavy atom. The molecule has 3 heteroatoms. The van der Waals surface area contributed by atoms with Crippen molar-refractivity contribution < 1.29 is 4.79 Å². The molecule has 0 aliphatic carbocycles. The summed E-state index contributed by atoms with van der Waals surface area (Å²) in [6.45, 7) is 4.01. The van der Waals surface area contributed by atoms with Gasteiger partial charge in [-0.1, -0.05) is 25.4 Å². The van der Waals surface area contributed by atoms with Gasteiger partial charge in [0.2, 0.25) is 0 Å². The first-order valence-electron chi connectivity index (χ1n) is 4.24. The van der Waals surface area contributed by atoms with Gasteiger partial charge in [-0.25, -0.2) is 0 Å². The normalized spacial score (nSPS) is 10.5. The van der Waals surface area contributed by atoms with Gasteiger partial charge in [0.15, 0.2) is 5.78 Å². The summed E-state index contributed by atoms with van der Waals surface area (Å²) in [5.41, 5.74) is 0.574. The second kappa shape index (κ2) is 4.38. The Labute approximate surface area is 82.9 Å². The molecule has 0 spiro atoms. The molecule has 13 heavy (non-hydrogen) atoms. The van der Waals surface area contributed by atoms with E-state index >= 15 is 0 Å². The standard InChI is InChI=1S/C10H12ClNO/c1-7(2)5-10(13)8-3-4-12-6-9(8)11/h3-4,6-7H,5H2,1-2H3. The van der Waals surface area contributed by atoms with E-state index in [4.69, 9.17) is 11.6 Å². The van der Waals surface area contributed by atoms with Gasteiger partial charge in [0.05, 0.1) is 5.02 Å². The van der Waals surface area contributed by atoms with Crippen LogP contribution >= 0.6 is 11.6 Å². The maximum atomic E-state index is 11.6. The molecule has 0 saturated heterocycles. The quantitative estimate of drug-likeness (QED) is 0.698. The lowest BCUT2D eigenvalue weighted by atomic mass is 10.0. The van der Waals surface area contributed by atoms with Crippen molar-refractivity contribution in [2.75, 3.05) is 0 Å². The summed E-state index contributed by atoms with van der Waals surface area (Å²) >= 11 is 5.82. The molecular formula is C10H12ClNO. The number of nitrogens with zero attached hydrogens (tertiary/aromatic N) is 1. The summed E-state index contributed by atoms with van der Waals surface area (Å²) in [6, 6.07) is 1.66. The third-order valence-electron chi connectivity index (χ3n) is 1.67. The van der Waals surface area contributed by atoms with Crippen molar-refractivity contribution in [3.05, 3.63) is 29.0 Å². The highest BCUT2D eigenvalue weighted by Gasteiger charge is 2.11. The predicted molar refractivity (Wildman–Crippen MR) is 53.0 cm³/mol. The highest BCUT2D eigenvalue weighted by Crippen LogP contribution is 2.17. The molecule has 1 aromatic heterocycles. The number of ketones is 1. The van der Waals surface area contributed by atoms with Crippen LogP contribution in [0.4, 0.5) is 0 Å². The molecule has 0 aromatic carbocycles. The van der Waals surface area contributed by atoms with Crippen LogP contribution in [-0.4, -0.2) is 10.8 Å². The number of halogens is 1. The molecule has 2 nitrogen and oxygen atoms in total. The van der Waals surface area contributed by atoms with Crippen LogP contribution in [0.25, 0.3) is 0 Å². The maximum absolute atomic E-state index is 11.6. The second-order valence-corrected chi connectivity index (χ2v) is 3.78. The molecule has 0 saturated carbocycles. The molecule has 1 rings (SSSR count). The minimum atomic E-state index is 0.0856. The summed E-state index contributed by atoms with van der Waals surface area (Å²) in [5, 5.41) is 0.438. The minimum absolute atomic E-state index is 0.0856. The molecule has 1 aromatic rings. The first kappa shape index (κ1) is 10.2. The van der Waals surface area contributed by atoms with Gasteiger partial charge in [0.1, 0.15) is 0 Å². The largest absolute Gasteiger partial charge is 0.294 e. The van der Waals surface area contributed by atoms with Crippen LogP contribution in [0, 0.1) is 5.92 Å². The topological polar surface area (TPSA) is 30.0 Å². The lowest BCUT2D eigenvalue weighted by Crippen LogP contribution is -2.04. The van der Waals surface area contributed by atoms with Crippen molar-refractivity contribution in [1.29, 1.82) is 0 Å². The Morgan fingerprint density at radius 2 is 2.31 bits per heavy atom. The molecule has 1 heterocycles. The van der Waals surface area contributed by atoms with Crippen LogP contribution in [0.15, 0.2) is 18.5 Å². The van der Waals surface area contributed by atoms with E-state index in [9.17, 15) is 4.79 Å². The van der Waals surface area contributed by atoms with Gasteiger partial charge in [-0.3, -0.25) is 9.78 Å².